The van der Waals surface area contributed by atoms with E-state index in [-0.39, 0.29) is 0 Å². The predicted molar refractivity (Wildman–Crippen MR) is 74.3 cm³/mol. The Hall–Kier alpha value is -1.88. The third-order valence-corrected chi connectivity index (χ3v) is 4.92. The molecule has 0 unspecified atom stereocenters. The molecule has 1 fully saturated rings. The van der Waals surface area contributed by atoms with Crippen LogP contribution in [0.4, 0.5) is 0 Å². The van der Waals surface area contributed by atoms with Crippen LogP contribution in [0, 0.1) is 0 Å². The van der Waals surface area contributed by atoms with Crippen LogP contribution in [-0.2, 0) is 0 Å². The Balaban J connectivity index is 1.63. The number of thiazole rings is 1. The molecule has 1 aromatic carbocycles. The van der Waals surface area contributed by atoms with Crippen molar-refractivity contribution in [3.8, 4) is 11.5 Å². The molecule has 3 heterocycles. The van der Waals surface area contributed by atoms with Gasteiger partial charge in [-0.1, -0.05) is 0 Å². The maximum Gasteiger partial charge on any atom is 0.251 e. The largest absolute Gasteiger partial charge is 0.448 e. The Kier molecular flexibility index (Phi) is 1.96. The number of rotatable bonds is 1. The fourth-order valence-corrected chi connectivity index (χ4v) is 3.80. The third kappa shape index (κ3) is 1.36. The van der Waals surface area contributed by atoms with Crippen LogP contribution >= 0.6 is 11.3 Å². The van der Waals surface area contributed by atoms with E-state index in [0.29, 0.717) is 0 Å². The Morgan fingerprint density at radius 3 is 2.65 bits per heavy atom. The monoisotopic (exact) mass is 284 g/mol. The highest BCUT2D eigenvalue weighted by molar-refractivity contribution is 7.10. The van der Waals surface area contributed by atoms with Gasteiger partial charge in [-0.2, -0.15) is 0 Å². The van der Waals surface area contributed by atoms with Crippen molar-refractivity contribution in [1.82, 2.24) is 4.98 Å². The van der Waals surface area contributed by atoms with Gasteiger partial charge in [0.15, 0.2) is 11.5 Å². The summed E-state index contributed by atoms with van der Waals surface area (Å²) in [6, 6.07) is 4.05. The minimum atomic E-state index is -0.399. The Labute approximate surface area is 119 Å². The molecule has 3 aliphatic rings. The lowest BCUT2D eigenvalue weighted by atomic mass is 10.1. The summed E-state index contributed by atoms with van der Waals surface area (Å²) in [6.07, 6.45) is 6.11. The zero-order chi connectivity index (χ0) is 13.2. The summed E-state index contributed by atoms with van der Waals surface area (Å²) in [6.45, 7) is 0. The SMILES string of the molecule is c1csc(C2=c3cc4c(cc3=N2)OC2(CCCC2)O4)n1. The van der Waals surface area contributed by atoms with E-state index in [9.17, 15) is 0 Å². The molecular formula is C15H12N2O2S. The maximum absolute atomic E-state index is 6.10. The van der Waals surface area contributed by atoms with E-state index in [0.717, 1.165) is 45.6 Å². The van der Waals surface area contributed by atoms with Crippen molar-refractivity contribution in [3.63, 3.8) is 0 Å². The van der Waals surface area contributed by atoms with E-state index < -0.39 is 5.79 Å². The zero-order valence-corrected chi connectivity index (χ0v) is 11.6. The van der Waals surface area contributed by atoms with E-state index in [1.54, 1.807) is 17.5 Å². The number of benzene rings is 1. The summed E-state index contributed by atoms with van der Waals surface area (Å²) in [5, 5.41) is 5.04. The van der Waals surface area contributed by atoms with E-state index in [1.807, 2.05) is 11.4 Å². The van der Waals surface area contributed by atoms with Gasteiger partial charge >= 0.3 is 0 Å². The molecule has 2 aliphatic heterocycles. The van der Waals surface area contributed by atoms with Gasteiger partial charge in [-0.3, -0.25) is 0 Å². The molecule has 0 amide bonds. The number of nitrogens with zero attached hydrogens (tertiary/aromatic N) is 2. The highest BCUT2D eigenvalue weighted by Gasteiger charge is 2.44. The van der Waals surface area contributed by atoms with Crippen molar-refractivity contribution >= 4 is 17.0 Å². The highest BCUT2D eigenvalue weighted by Crippen LogP contribution is 2.45. The Bertz CT molecular complexity index is 820. The van der Waals surface area contributed by atoms with Crippen LogP contribution in [-0.4, -0.2) is 10.8 Å². The standard InChI is InChI=1S/C15H12N2O2S/c1-2-4-15(3-1)18-11-7-9-10(8-12(11)19-15)17-13(9)14-16-5-6-20-14/h5-8H,1-4H2. The first-order chi connectivity index (χ1) is 9.83. The average Bonchev–Trinajstić information content (AvgIpc) is 3.14. The van der Waals surface area contributed by atoms with Gasteiger partial charge in [-0.05, 0) is 18.9 Å². The second-order valence-corrected chi connectivity index (χ2v) is 6.33. The van der Waals surface area contributed by atoms with Crippen LogP contribution in [0.15, 0.2) is 28.7 Å². The van der Waals surface area contributed by atoms with Crippen LogP contribution in [0.1, 0.15) is 30.7 Å². The molecule has 4 nitrogen and oxygen atoms in total. The smallest absolute Gasteiger partial charge is 0.251 e. The van der Waals surface area contributed by atoms with Crippen molar-refractivity contribution in [2.75, 3.05) is 0 Å². The normalized spacial score (nSPS) is 20.7. The number of hydrogen-bond donors (Lipinski definition) is 0. The van der Waals surface area contributed by atoms with Crippen molar-refractivity contribution in [2.24, 2.45) is 4.99 Å². The van der Waals surface area contributed by atoms with Crippen molar-refractivity contribution in [2.45, 2.75) is 31.5 Å². The number of aromatic nitrogens is 1. The molecule has 5 heteroatoms. The first-order valence-electron chi connectivity index (χ1n) is 6.88. The van der Waals surface area contributed by atoms with E-state index in [2.05, 4.69) is 16.0 Å². The Morgan fingerprint density at radius 2 is 1.90 bits per heavy atom. The van der Waals surface area contributed by atoms with Gasteiger partial charge in [0.25, 0.3) is 5.79 Å². The molecule has 0 saturated heterocycles. The quantitative estimate of drug-likeness (QED) is 0.804. The van der Waals surface area contributed by atoms with Crippen molar-refractivity contribution in [1.29, 1.82) is 0 Å². The summed E-state index contributed by atoms with van der Waals surface area (Å²) in [5.41, 5.74) is 0.966. The lowest BCUT2D eigenvalue weighted by Crippen LogP contribution is -2.34. The molecule has 0 atom stereocenters. The van der Waals surface area contributed by atoms with Crippen LogP contribution in [0.25, 0.3) is 5.70 Å². The van der Waals surface area contributed by atoms with Crippen molar-refractivity contribution in [3.05, 3.63) is 39.3 Å². The fourth-order valence-electron chi connectivity index (χ4n) is 3.16. The minimum absolute atomic E-state index is 0.399. The summed E-state index contributed by atoms with van der Waals surface area (Å²) in [4.78, 5) is 8.87. The number of fused-ring (bicyclic) bond motifs is 2. The molecule has 0 bridgehead atoms. The minimum Gasteiger partial charge on any atom is -0.448 e. The molecule has 2 aromatic rings. The third-order valence-electron chi connectivity index (χ3n) is 4.14. The fraction of sp³-hybridized carbons (Fsp3) is 0.333. The van der Waals surface area contributed by atoms with Gasteiger partial charge < -0.3 is 9.47 Å². The molecule has 20 heavy (non-hydrogen) atoms. The average molecular weight is 284 g/mol. The van der Waals surface area contributed by atoms with Crippen LogP contribution in [0.5, 0.6) is 11.5 Å². The van der Waals surface area contributed by atoms with Gasteiger partial charge in [-0.15, -0.1) is 11.3 Å². The Morgan fingerprint density at radius 1 is 1.10 bits per heavy atom. The second kappa shape index (κ2) is 3.61. The molecule has 0 N–H and O–H groups in total. The predicted octanol–water partition coefficient (Wildman–Crippen LogP) is 1.97. The number of hydrogen-bond acceptors (Lipinski definition) is 5. The van der Waals surface area contributed by atoms with Gasteiger partial charge in [0.2, 0.25) is 0 Å². The van der Waals surface area contributed by atoms with Crippen LogP contribution in [0.3, 0.4) is 0 Å². The zero-order valence-electron chi connectivity index (χ0n) is 10.8. The summed E-state index contributed by atoms with van der Waals surface area (Å²) >= 11 is 1.61. The lowest BCUT2D eigenvalue weighted by molar-refractivity contribution is -0.0716. The van der Waals surface area contributed by atoms with Crippen molar-refractivity contribution < 1.29 is 9.47 Å². The molecule has 0 radical (unpaired) electrons. The highest BCUT2D eigenvalue weighted by atomic mass is 32.1. The molecular weight excluding hydrogens is 272 g/mol. The molecule has 5 rings (SSSR count). The lowest BCUT2D eigenvalue weighted by Gasteiger charge is -2.21. The number of ether oxygens (including phenoxy) is 2. The first kappa shape index (κ1) is 10.9. The molecule has 1 aliphatic carbocycles. The maximum atomic E-state index is 6.10. The van der Waals surface area contributed by atoms with Gasteiger partial charge in [0, 0.05) is 35.7 Å². The summed E-state index contributed by atoms with van der Waals surface area (Å²) in [7, 11) is 0. The molecule has 1 saturated carbocycles. The summed E-state index contributed by atoms with van der Waals surface area (Å²) in [5.74, 6) is 1.30. The van der Waals surface area contributed by atoms with Crippen LogP contribution in [0.2, 0.25) is 0 Å². The molecule has 1 spiro atoms. The second-order valence-electron chi connectivity index (χ2n) is 5.44. The molecule has 100 valence electrons. The van der Waals surface area contributed by atoms with E-state index >= 15 is 0 Å². The van der Waals surface area contributed by atoms with Gasteiger partial charge in [0.05, 0.1) is 5.36 Å². The molecule has 1 aromatic heterocycles. The first-order valence-corrected chi connectivity index (χ1v) is 7.76. The van der Waals surface area contributed by atoms with Gasteiger partial charge in [0.1, 0.15) is 10.7 Å². The summed E-state index contributed by atoms with van der Waals surface area (Å²) < 4.78 is 12.1. The van der Waals surface area contributed by atoms with E-state index in [1.165, 1.54) is 12.8 Å². The van der Waals surface area contributed by atoms with Gasteiger partial charge in [-0.25, -0.2) is 9.98 Å². The topological polar surface area (TPSA) is 43.7 Å². The van der Waals surface area contributed by atoms with E-state index in [4.69, 9.17) is 9.47 Å². The van der Waals surface area contributed by atoms with Crippen LogP contribution < -0.4 is 20.0 Å².